The van der Waals surface area contributed by atoms with Gasteiger partial charge in [0.2, 0.25) is 0 Å². The molecular weight excluding hydrogens is 528 g/mol. The van der Waals surface area contributed by atoms with Gasteiger partial charge in [0.05, 0.1) is 18.8 Å². The molecular formula is C36H34O6. The van der Waals surface area contributed by atoms with Crippen LogP contribution in [-0.2, 0) is 11.5 Å². The Morgan fingerprint density at radius 1 is 0.714 bits per heavy atom. The van der Waals surface area contributed by atoms with Gasteiger partial charge in [0.1, 0.15) is 23.9 Å². The molecule has 1 unspecified atom stereocenters. The van der Waals surface area contributed by atoms with Crippen molar-refractivity contribution in [3.63, 3.8) is 0 Å². The van der Waals surface area contributed by atoms with Crippen LogP contribution in [0.15, 0.2) is 110 Å². The zero-order valence-electron chi connectivity index (χ0n) is 23.7. The molecule has 6 nitrogen and oxygen atoms in total. The van der Waals surface area contributed by atoms with E-state index in [1.165, 1.54) is 0 Å². The van der Waals surface area contributed by atoms with E-state index in [0.717, 1.165) is 46.4 Å². The SMILES string of the molecule is C=CCCOc1ccc(COOc2ccc3c(c2)C(C)c2cc(OC(=O)c4ccc(OCCC=C)cc4)ccc2-3)cc1. The molecule has 0 amide bonds. The summed E-state index contributed by atoms with van der Waals surface area (Å²) >= 11 is 0. The Bertz CT molecular complexity index is 1540. The van der Waals surface area contributed by atoms with Gasteiger partial charge in [-0.1, -0.05) is 43.3 Å². The first kappa shape index (κ1) is 28.7. The molecule has 4 aromatic rings. The molecule has 0 saturated carbocycles. The van der Waals surface area contributed by atoms with Crippen LogP contribution in [0.1, 0.15) is 52.7 Å². The maximum Gasteiger partial charge on any atom is 0.343 e. The van der Waals surface area contributed by atoms with Gasteiger partial charge in [-0.15, -0.1) is 13.2 Å². The third-order valence-electron chi connectivity index (χ3n) is 7.06. The number of fused-ring (bicyclic) bond motifs is 3. The van der Waals surface area contributed by atoms with Crippen molar-refractivity contribution in [1.82, 2.24) is 0 Å². The molecule has 0 heterocycles. The number of ether oxygens (including phenoxy) is 3. The second kappa shape index (κ2) is 13.7. The molecule has 0 N–H and O–H groups in total. The molecule has 0 bridgehead atoms. The third-order valence-corrected chi connectivity index (χ3v) is 7.06. The molecule has 0 saturated heterocycles. The smallest absolute Gasteiger partial charge is 0.343 e. The van der Waals surface area contributed by atoms with Crippen molar-refractivity contribution in [1.29, 1.82) is 0 Å². The van der Waals surface area contributed by atoms with Crippen LogP contribution < -0.4 is 19.1 Å². The minimum Gasteiger partial charge on any atom is -0.493 e. The number of rotatable bonds is 14. The van der Waals surface area contributed by atoms with Crippen LogP contribution in [-0.4, -0.2) is 19.2 Å². The summed E-state index contributed by atoms with van der Waals surface area (Å²) in [5.41, 5.74) is 5.89. The van der Waals surface area contributed by atoms with Crippen molar-refractivity contribution < 1.29 is 28.8 Å². The van der Waals surface area contributed by atoms with Crippen LogP contribution in [0.5, 0.6) is 23.0 Å². The first-order valence-electron chi connectivity index (χ1n) is 14.0. The van der Waals surface area contributed by atoms with E-state index in [0.29, 0.717) is 42.6 Å². The summed E-state index contributed by atoms with van der Waals surface area (Å²) in [6, 6.07) is 26.4. The van der Waals surface area contributed by atoms with E-state index in [-0.39, 0.29) is 5.92 Å². The zero-order chi connectivity index (χ0) is 29.3. The van der Waals surface area contributed by atoms with Crippen LogP contribution in [0.25, 0.3) is 11.1 Å². The summed E-state index contributed by atoms with van der Waals surface area (Å²) in [5.74, 6) is 2.32. The maximum absolute atomic E-state index is 12.8. The fourth-order valence-electron chi connectivity index (χ4n) is 4.79. The van der Waals surface area contributed by atoms with Crippen molar-refractivity contribution in [3.8, 4) is 34.1 Å². The Labute approximate surface area is 246 Å². The van der Waals surface area contributed by atoms with Crippen LogP contribution in [0.3, 0.4) is 0 Å². The Morgan fingerprint density at radius 3 is 1.83 bits per heavy atom. The minimum atomic E-state index is -0.418. The summed E-state index contributed by atoms with van der Waals surface area (Å²) in [5, 5.41) is 0. The second-order valence-electron chi connectivity index (χ2n) is 9.97. The lowest BCUT2D eigenvalue weighted by Crippen LogP contribution is -2.08. The highest BCUT2D eigenvalue weighted by atomic mass is 17.2. The second-order valence-corrected chi connectivity index (χ2v) is 9.97. The number of hydrogen-bond donors (Lipinski definition) is 0. The van der Waals surface area contributed by atoms with E-state index in [1.54, 1.807) is 30.3 Å². The Balaban J connectivity index is 1.17. The highest BCUT2D eigenvalue weighted by molar-refractivity contribution is 5.91. The molecule has 1 atom stereocenters. The number of carbonyl (C=O) groups excluding carboxylic acids is 1. The molecule has 0 fully saturated rings. The lowest BCUT2D eigenvalue weighted by molar-refractivity contribution is -0.217. The fourth-order valence-corrected chi connectivity index (χ4v) is 4.79. The molecule has 214 valence electrons. The topological polar surface area (TPSA) is 63.2 Å². The van der Waals surface area contributed by atoms with Crippen LogP contribution >= 0.6 is 0 Å². The number of carbonyl (C=O) groups is 1. The first-order chi connectivity index (χ1) is 20.6. The molecule has 5 rings (SSSR count). The molecule has 4 aromatic carbocycles. The van der Waals surface area contributed by atoms with Gasteiger partial charge >= 0.3 is 5.97 Å². The lowest BCUT2D eigenvalue weighted by Gasteiger charge is -2.10. The molecule has 42 heavy (non-hydrogen) atoms. The Hall–Kier alpha value is -4.81. The average molecular weight is 563 g/mol. The predicted octanol–water partition coefficient (Wildman–Crippen LogP) is 8.46. The summed E-state index contributed by atoms with van der Waals surface area (Å²) < 4.78 is 17.0. The van der Waals surface area contributed by atoms with E-state index in [1.807, 2.05) is 66.7 Å². The maximum atomic E-state index is 12.8. The van der Waals surface area contributed by atoms with E-state index in [4.69, 9.17) is 24.0 Å². The Morgan fingerprint density at radius 2 is 1.24 bits per heavy atom. The van der Waals surface area contributed by atoms with Crippen LogP contribution in [0.2, 0.25) is 0 Å². The number of esters is 1. The fraction of sp³-hybridized carbons (Fsp3) is 0.194. The van der Waals surface area contributed by atoms with E-state index < -0.39 is 5.97 Å². The van der Waals surface area contributed by atoms with Crippen LogP contribution in [0, 0.1) is 0 Å². The molecule has 6 heteroatoms. The summed E-state index contributed by atoms with van der Waals surface area (Å²) in [4.78, 5) is 23.9. The third kappa shape index (κ3) is 6.90. The van der Waals surface area contributed by atoms with Gasteiger partial charge in [-0.25, -0.2) is 4.79 Å². The van der Waals surface area contributed by atoms with Gasteiger partial charge < -0.3 is 19.1 Å². The summed E-state index contributed by atoms with van der Waals surface area (Å²) in [6.45, 7) is 11.0. The predicted molar refractivity (Wildman–Crippen MR) is 163 cm³/mol. The van der Waals surface area contributed by atoms with Gasteiger partial charge in [-0.2, -0.15) is 4.89 Å². The van der Waals surface area contributed by atoms with Crippen molar-refractivity contribution in [3.05, 3.63) is 132 Å². The molecule has 1 aliphatic carbocycles. The van der Waals surface area contributed by atoms with Crippen molar-refractivity contribution >= 4 is 5.97 Å². The Kier molecular flexibility index (Phi) is 9.37. The van der Waals surface area contributed by atoms with Gasteiger partial charge in [0, 0.05) is 5.92 Å². The standard InChI is InChI=1S/C36H34O6/c1-4-6-20-38-28-12-8-26(9-13-28)24-40-42-31-17-19-33-32-18-16-30(22-34(32)25(3)35(33)23-31)41-36(37)27-10-14-29(15-11-27)39-21-7-5-2/h4-5,8-19,22-23,25H,1-2,6-7,20-21,24H2,3H3. The highest BCUT2D eigenvalue weighted by Gasteiger charge is 2.27. The minimum absolute atomic E-state index is 0.0952. The highest BCUT2D eigenvalue weighted by Crippen LogP contribution is 2.47. The summed E-state index contributed by atoms with van der Waals surface area (Å²) in [7, 11) is 0. The van der Waals surface area contributed by atoms with Crippen molar-refractivity contribution in [2.24, 2.45) is 0 Å². The van der Waals surface area contributed by atoms with E-state index >= 15 is 0 Å². The van der Waals surface area contributed by atoms with Gasteiger partial charge in [0.15, 0.2) is 5.75 Å². The van der Waals surface area contributed by atoms with Gasteiger partial charge in [-0.3, -0.25) is 0 Å². The largest absolute Gasteiger partial charge is 0.493 e. The molecule has 0 radical (unpaired) electrons. The van der Waals surface area contributed by atoms with Crippen LogP contribution in [0.4, 0.5) is 0 Å². The van der Waals surface area contributed by atoms with Gasteiger partial charge in [-0.05, 0) is 101 Å². The van der Waals surface area contributed by atoms with Crippen molar-refractivity contribution in [2.45, 2.75) is 32.3 Å². The zero-order valence-corrected chi connectivity index (χ0v) is 23.7. The average Bonchev–Trinajstić information content (AvgIpc) is 3.29. The van der Waals surface area contributed by atoms with E-state index in [9.17, 15) is 4.79 Å². The number of benzene rings is 4. The van der Waals surface area contributed by atoms with Crippen molar-refractivity contribution in [2.75, 3.05) is 13.2 Å². The normalized spacial score (nSPS) is 13.0. The quantitative estimate of drug-likeness (QED) is 0.0384. The molecule has 0 spiro atoms. The van der Waals surface area contributed by atoms with Gasteiger partial charge in [0.25, 0.3) is 0 Å². The summed E-state index contributed by atoms with van der Waals surface area (Å²) in [6.07, 6.45) is 5.20. The first-order valence-corrected chi connectivity index (χ1v) is 14.0. The number of hydrogen-bond acceptors (Lipinski definition) is 6. The molecule has 0 aliphatic heterocycles. The monoisotopic (exact) mass is 562 g/mol. The molecule has 0 aromatic heterocycles. The molecule has 1 aliphatic rings. The van der Waals surface area contributed by atoms with E-state index in [2.05, 4.69) is 20.1 Å². The lowest BCUT2D eigenvalue weighted by atomic mass is 9.99.